The summed E-state index contributed by atoms with van der Waals surface area (Å²) in [5.41, 5.74) is 8.92. The number of halogens is 1. The molecule has 0 aromatic heterocycles. The zero-order valence-corrected chi connectivity index (χ0v) is 14.7. The highest BCUT2D eigenvalue weighted by Gasteiger charge is 2.56. The summed E-state index contributed by atoms with van der Waals surface area (Å²) < 4.78 is 0. The Kier molecular flexibility index (Phi) is 3.80. The van der Waals surface area contributed by atoms with Gasteiger partial charge in [-0.1, -0.05) is 41.4 Å². The van der Waals surface area contributed by atoms with Gasteiger partial charge in [0.25, 0.3) is 5.91 Å². The average molecular weight is 355 g/mol. The van der Waals surface area contributed by atoms with Gasteiger partial charge >= 0.3 is 0 Å². The molecule has 1 saturated carbocycles. The van der Waals surface area contributed by atoms with E-state index in [0.29, 0.717) is 23.0 Å². The summed E-state index contributed by atoms with van der Waals surface area (Å²) in [6.07, 6.45) is 0.992. The van der Waals surface area contributed by atoms with E-state index >= 15 is 0 Å². The van der Waals surface area contributed by atoms with Crippen LogP contribution < -0.4 is 5.73 Å². The van der Waals surface area contributed by atoms with Crippen molar-refractivity contribution in [2.75, 3.05) is 6.54 Å². The van der Waals surface area contributed by atoms with Crippen molar-refractivity contribution in [3.8, 4) is 11.1 Å². The molecule has 2 amide bonds. The summed E-state index contributed by atoms with van der Waals surface area (Å²) in [6.45, 7) is 2.60. The van der Waals surface area contributed by atoms with Crippen LogP contribution in [-0.4, -0.2) is 29.3 Å². The van der Waals surface area contributed by atoms with Crippen LogP contribution in [0.25, 0.3) is 11.1 Å². The van der Waals surface area contributed by atoms with Crippen LogP contribution in [0.2, 0.25) is 5.02 Å². The van der Waals surface area contributed by atoms with E-state index in [1.165, 1.54) is 0 Å². The fourth-order valence-electron chi connectivity index (χ4n) is 3.93. The van der Waals surface area contributed by atoms with Crippen LogP contribution >= 0.6 is 11.6 Å². The second kappa shape index (κ2) is 5.88. The van der Waals surface area contributed by atoms with Crippen molar-refractivity contribution in [1.29, 1.82) is 0 Å². The number of carbonyl (C=O) groups is 2. The second-order valence-corrected chi connectivity index (χ2v) is 7.46. The van der Waals surface area contributed by atoms with Gasteiger partial charge in [-0.25, -0.2) is 0 Å². The molecule has 1 saturated heterocycles. The molecule has 4 nitrogen and oxygen atoms in total. The largest absolute Gasteiger partial charge is 0.368 e. The fourth-order valence-corrected chi connectivity index (χ4v) is 4.12. The monoisotopic (exact) mass is 354 g/mol. The molecule has 4 rings (SSSR count). The number of likely N-dealkylation sites (tertiary alicyclic amines) is 1. The molecule has 3 atom stereocenters. The van der Waals surface area contributed by atoms with Gasteiger partial charge in [0.15, 0.2) is 0 Å². The van der Waals surface area contributed by atoms with Gasteiger partial charge in [0.05, 0.1) is 0 Å². The molecule has 0 bridgehead atoms. The maximum absolute atomic E-state index is 13.2. The minimum Gasteiger partial charge on any atom is -0.368 e. The van der Waals surface area contributed by atoms with Crippen LogP contribution in [0.5, 0.6) is 0 Å². The Hall–Kier alpha value is -2.33. The van der Waals surface area contributed by atoms with Crippen molar-refractivity contribution in [3.05, 3.63) is 58.6 Å². The van der Waals surface area contributed by atoms with Crippen LogP contribution in [-0.2, 0) is 4.79 Å². The van der Waals surface area contributed by atoms with E-state index in [1.807, 2.05) is 43.3 Å². The lowest BCUT2D eigenvalue weighted by atomic mass is 9.96. The van der Waals surface area contributed by atoms with Gasteiger partial charge < -0.3 is 10.6 Å². The lowest BCUT2D eigenvalue weighted by Crippen LogP contribution is -2.46. The quantitative estimate of drug-likeness (QED) is 0.919. The van der Waals surface area contributed by atoms with E-state index in [-0.39, 0.29) is 11.8 Å². The molecule has 2 N–H and O–H groups in total. The smallest absolute Gasteiger partial charge is 0.255 e. The van der Waals surface area contributed by atoms with Crippen molar-refractivity contribution in [1.82, 2.24) is 4.90 Å². The van der Waals surface area contributed by atoms with E-state index in [9.17, 15) is 9.59 Å². The number of fused-ring (bicyclic) bond motifs is 1. The first-order valence-corrected chi connectivity index (χ1v) is 8.80. The zero-order valence-electron chi connectivity index (χ0n) is 13.9. The Morgan fingerprint density at radius 1 is 1.20 bits per heavy atom. The summed E-state index contributed by atoms with van der Waals surface area (Å²) in [7, 11) is 0. The third-order valence-corrected chi connectivity index (χ3v) is 5.48. The predicted molar refractivity (Wildman–Crippen MR) is 97.2 cm³/mol. The van der Waals surface area contributed by atoms with Crippen LogP contribution in [0.4, 0.5) is 0 Å². The summed E-state index contributed by atoms with van der Waals surface area (Å²) in [4.78, 5) is 26.7. The van der Waals surface area contributed by atoms with Gasteiger partial charge in [-0.3, -0.25) is 9.59 Å². The zero-order chi connectivity index (χ0) is 17.7. The number of benzene rings is 2. The van der Waals surface area contributed by atoms with Gasteiger partial charge in [0, 0.05) is 17.1 Å². The lowest BCUT2D eigenvalue weighted by molar-refractivity contribution is -0.122. The van der Waals surface area contributed by atoms with E-state index in [1.54, 1.807) is 11.0 Å². The summed E-state index contributed by atoms with van der Waals surface area (Å²) in [6, 6.07) is 12.7. The standard InChI is InChI=1S/C20H19ClN2O2/c1-11-5-6-15(16(7-11)12-3-2-4-14(21)8-12)20(25)23-10-13-9-17(13)18(23)19(22)24/h2-8,13,17-18H,9-10H2,1H3,(H2,22,24)/t13-,17-,18+/m1/s1. The van der Waals surface area contributed by atoms with Crippen LogP contribution in [0.15, 0.2) is 42.5 Å². The molecule has 2 fully saturated rings. The highest BCUT2D eigenvalue weighted by molar-refractivity contribution is 6.30. The minimum absolute atomic E-state index is 0.133. The van der Waals surface area contributed by atoms with Crippen LogP contribution in [0.3, 0.4) is 0 Å². The molecule has 0 unspecified atom stereocenters. The molecule has 128 valence electrons. The maximum Gasteiger partial charge on any atom is 0.255 e. The number of amides is 2. The number of carbonyl (C=O) groups excluding carboxylic acids is 2. The molecule has 1 aliphatic carbocycles. The molecule has 0 radical (unpaired) electrons. The molecule has 25 heavy (non-hydrogen) atoms. The second-order valence-electron chi connectivity index (χ2n) is 7.02. The fraction of sp³-hybridized carbons (Fsp3) is 0.300. The SMILES string of the molecule is Cc1ccc(C(=O)N2C[C@H]3C[C@H]3[C@H]2C(N)=O)c(-c2cccc(Cl)c2)c1. The van der Waals surface area contributed by atoms with Crippen LogP contribution in [0, 0.1) is 18.8 Å². The van der Waals surface area contributed by atoms with Crippen LogP contribution in [0.1, 0.15) is 22.3 Å². The molecule has 2 aliphatic rings. The summed E-state index contributed by atoms with van der Waals surface area (Å²) in [5, 5.41) is 0.620. The number of hydrogen-bond donors (Lipinski definition) is 1. The number of aryl methyl sites for hydroxylation is 1. The number of rotatable bonds is 3. The Morgan fingerprint density at radius 2 is 2.00 bits per heavy atom. The van der Waals surface area contributed by atoms with Gasteiger partial charge in [-0.15, -0.1) is 0 Å². The van der Waals surface area contributed by atoms with Crippen molar-refractivity contribution in [2.24, 2.45) is 17.6 Å². The van der Waals surface area contributed by atoms with E-state index in [4.69, 9.17) is 17.3 Å². The van der Waals surface area contributed by atoms with E-state index in [0.717, 1.165) is 23.1 Å². The average Bonchev–Trinajstić information content (AvgIpc) is 3.23. The number of hydrogen-bond acceptors (Lipinski definition) is 2. The van der Waals surface area contributed by atoms with Gasteiger partial charge in [0.2, 0.25) is 5.91 Å². The van der Waals surface area contributed by atoms with Crippen molar-refractivity contribution >= 4 is 23.4 Å². The maximum atomic E-state index is 13.2. The first-order valence-electron chi connectivity index (χ1n) is 8.42. The molecular weight excluding hydrogens is 336 g/mol. The molecule has 2 aromatic rings. The molecular formula is C20H19ClN2O2. The first-order chi connectivity index (χ1) is 12.0. The van der Waals surface area contributed by atoms with E-state index < -0.39 is 11.9 Å². The number of piperidine rings is 1. The van der Waals surface area contributed by atoms with Gasteiger partial charge in [-0.05, 0) is 54.5 Å². The Balaban J connectivity index is 1.75. The first kappa shape index (κ1) is 16.2. The summed E-state index contributed by atoms with van der Waals surface area (Å²) in [5.74, 6) is 0.115. The number of primary amides is 1. The molecule has 1 heterocycles. The molecule has 2 aromatic carbocycles. The Morgan fingerprint density at radius 3 is 2.72 bits per heavy atom. The third-order valence-electron chi connectivity index (χ3n) is 5.24. The Labute approximate surface area is 151 Å². The van der Waals surface area contributed by atoms with E-state index in [2.05, 4.69) is 0 Å². The number of nitrogens with two attached hydrogens (primary N) is 1. The normalized spacial score (nSPS) is 24.1. The topological polar surface area (TPSA) is 63.4 Å². The predicted octanol–water partition coefficient (Wildman–Crippen LogP) is 3.26. The van der Waals surface area contributed by atoms with Gasteiger partial charge in [-0.2, -0.15) is 0 Å². The third kappa shape index (κ3) is 2.81. The molecule has 5 heteroatoms. The highest BCUT2D eigenvalue weighted by atomic mass is 35.5. The number of nitrogens with zero attached hydrogens (tertiary/aromatic N) is 1. The minimum atomic E-state index is -0.481. The van der Waals surface area contributed by atoms with Crippen molar-refractivity contribution < 1.29 is 9.59 Å². The highest BCUT2D eigenvalue weighted by Crippen LogP contribution is 2.50. The van der Waals surface area contributed by atoms with Crippen molar-refractivity contribution in [2.45, 2.75) is 19.4 Å². The molecule has 0 spiro atoms. The Bertz CT molecular complexity index is 880. The lowest BCUT2D eigenvalue weighted by Gasteiger charge is -2.26. The van der Waals surface area contributed by atoms with Crippen molar-refractivity contribution in [3.63, 3.8) is 0 Å². The molecule has 1 aliphatic heterocycles. The van der Waals surface area contributed by atoms with Gasteiger partial charge in [0.1, 0.15) is 6.04 Å². The summed E-state index contributed by atoms with van der Waals surface area (Å²) >= 11 is 6.13.